The minimum absolute atomic E-state index is 0.0841. The molecule has 2 aromatic carbocycles. The Morgan fingerprint density at radius 2 is 1.39 bits per heavy atom. The van der Waals surface area contributed by atoms with Crippen LogP contribution < -0.4 is 9.47 Å². The van der Waals surface area contributed by atoms with E-state index in [0.717, 1.165) is 0 Å². The van der Waals surface area contributed by atoms with Crippen molar-refractivity contribution in [1.29, 1.82) is 0 Å². The van der Waals surface area contributed by atoms with Gasteiger partial charge in [-0.05, 0) is 52.0 Å². The fourth-order valence-electron chi connectivity index (χ4n) is 2.13. The summed E-state index contributed by atoms with van der Waals surface area (Å²) in [6.07, 6.45) is -0.254. The highest BCUT2D eigenvalue weighted by atomic mass is 32.2. The molecular formula is C18H22O4S. The highest BCUT2D eigenvalue weighted by Crippen LogP contribution is 2.38. The van der Waals surface area contributed by atoms with Crippen molar-refractivity contribution < 1.29 is 17.9 Å². The molecule has 0 saturated carbocycles. The molecule has 4 nitrogen and oxygen atoms in total. The maximum atomic E-state index is 12.9. The molecule has 0 spiro atoms. The van der Waals surface area contributed by atoms with Crippen LogP contribution in [0.3, 0.4) is 0 Å². The van der Waals surface area contributed by atoms with Gasteiger partial charge in [-0.3, -0.25) is 0 Å². The van der Waals surface area contributed by atoms with Crippen molar-refractivity contribution in [3.8, 4) is 11.5 Å². The summed E-state index contributed by atoms with van der Waals surface area (Å²) in [5, 5.41) is 0. The molecule has 0 aromatic heterocycles. The molecule has 0 radical (unpaired) electrons. The highest BCUT2D eigenvalue weighted by Gasteiger charge is 2.25. The van der Waals surface area contributed by atoms with Gasteiger partial charge >= 0.3 is 0 Å². The van der Waals surface area contributed by atoms with Crippen LogP contribution >= 0.6 is 0 Å². The van der Waals surface area contributed by atoms with E-state index < -0.39 is 9.84 Å². The zero-order valence-electron chi connectivity index (χ0n) is 13.8. The maximum absolute atomic E-state index is 12.9. The fraction of sp³-hybridized carbons (Fsp3) is 0.333. The molecule has 0 aliphatic heterocycles. The Hall–Kier alpha value is -2.01. The Labute approximate surface area is 138 Å². The van der Waals surface area contributed by atoms with Crippen molar-refractivity contribution >= 4 is 9.84 Å². The van der Waals surface area contributed by atoms with E-state index in [1.165, 1.54) is 0 Å². The monoisotopic (exact) mass is 334 g/mol. The summed E-state index contributed by atoms with van der Waals surface area (Å²) in [4.78, 5) is 0.353. The summed E-state index contributed by atoms with van der Waals surface area (Å²) in [7, 11) is -3.68. The van der Waals surface area contributed by atoms with Crippen LogP contribution in [0, 0.1) is 0 Å². The number of ether oxygens (including phenoxy) is 2. The lowest BCUT2D eigenvalue weighted by Gasteiger charge is -2.20. The van der Waals surface area contributed by atoms with Crippen LogP contribution in [-0.4, -0.2) is 20.6 Å². The van der Waals surface area contributed by atoms with E-state index in [1.807, 2.05) is 27.7 Å². The van der Waals surface area contributed by atoms with Gasteiger partial charge in [0.1, 0.15) is 4.90 Å². The third kappa shape index (κ3) is 4.05. The molecule has 0 fully saturated rings. The van der Waals surface area contributed by atoms with E-state index in [9.17, 15) is 8.42 Å². The number of rotatable bonds is 6. The lowest BCUT2D eigenvalue weighted by molar-refractivity contribution is 0.194. The topological polar surface area (TPSA) is 52.6 Å². The first kappa shape index (κ1) is 17.3. The van der Waals surface area contributed by atoms with Gasteiger partial charge in [0.05, 0.1) is 17.1 Å². The normalized spacial score (nSPS) is 11.7. The second-order valence-corrected chi connectivity index (χ2v) is 7.65. The SMILES string of the molecule is CC(C)Oc1cccc(S(=O)(=O)c2ccccc2)c1OC(C)C. The van der Waals surface area contributed by atoms with Crippen LogP contribution in [0.1, 0.15) is 27.7 Å². The van der Waals surface area contributed by atoms with E-state index in [4.69, 9.17) is 9.47 Å². The molecule has 0 bridgehead atoms. The molecule has 0 atom stereocenters. The van der Waals surface area contributed by atoms with Crippen LogP contribution in [0.5, 0.6) is 11.5 Å². The van der Waals surface area contributed by atoms with Crippen LogP contribution in [0.15, 0.2) is 58.3 Å². The molecule has 0 amide bonds. The molecule has 0 aliphatic carbocycles. The number of sulfone groups is 1. The quantitative estimate of drug-likeness (QED) is 0.798. The molecule has 124 valence electrons. The lowest BCUT2D eigenvalue weighted by Crippen LogP contribution is -2.14. The summed E-state index contributed by atoms with van der Waals surface area (Å²) in [6.45, 7) is 7.48. The third-order valence-corrected chi connectivity index (χ3v) is 4.80. The van der Waals surface area contributed by atoms with Gasteiger partial charge in [0.15, 0.2) is 11.5 Å². The molecular weight excluding hydrogens is 312 g/mol. The standard InChI is InChI=1S/C18H22O4S/c1-13(2)21-16-11-8-12-17(18(16)22-14(3)4)23(19,20)15-9-6-5-7-10-15/h5-14H,1-4H3. The fourth-order valence-corrected chi connectivity index (χ4v) is 3.55. The number of hydrogen-bond acceptors (Lipinski definition) is 4. The average molecular weight is 334 g/mol. The van der Waals surface area contributed by atoms with Gasteiger partial charge < -0.3 is 9.47 Å². The van der Waals surface area contributed by atoms with E-state index in [0.29, 0.717) is 5.75 Å². The predicted molar refractivity (Wildman–Crippen MR) is 89.9 cm³/mol. The Morgan fingerprint density at radius 3 is 1.96 bits per heavy atom. The van der Waals surface area contributed by atoms with Crippen molar-refractivity contribution in [1.82, 2.24) is 0 Å². The first-order valence-corrected chi connectivity index (χ1v) is 9.07. The van der Waals surface area contributed by atoms with Crippen LogP contribution in [0.25, 0.3) is 0 Å². The number of benzene rings is 2. The van der Waals surface area contributed by atoms with Crippen LogP contribution in [-0.2, 0) is 9.84 Å². The summed E-state index contributed by atoms with van der Waals surface area (Å²) < 4.78 is 37.4. The molecule has 0 aliphatic rings. The summed E-state index contributed by atoms with van der Waals surface area (Å²) >= 11 is 0. The largest absolute Gasteiger partial charge is 0.487 e. The Kier molecular flexibility index (Phi) is 5.31. The Balaban J connectivity index is 2.61. The van der Waals surface area contributed by atoms with Gasteiger partial charge in [0, 0.05) is 0 Å². The highest BCUT2D eigenvalue weighted by molar-refractivity contribution is 7.91. The summed E-state index contributed by atoms with van der Waals surface area (Å²) in [5.41, 5.74) is 0. The van der Waals surface area contributed by atoms with Gasteiger partial charge in [-0.15, -0.1) is 0 Å². The second kappa shape index (κ2) is 7.04. The Morgan fingerprint density at radius 1 is 0.783 bits per heavy atom. The van der Waals surface area contributed by atoms with Crippen molar-refractivity contribution in [2.75, 3.05) is 0 Å². The molecule has 0 unspecified atom stereocenters. The Bertz CT molecular complexity index is 750. The van der Waals surface area contributed by atoms with Gasteiger partial charge in [0.2, 0.25) is 9.84 Å². The first-order chi connectivity index (χ1) is 10.8. The number of hydrogen-bond donors (Lipinski definition) is 0. The molecule has 0 saturated heterocycles. The first-order valence-electron chi connectivity index (χ1n) is 7.59. The second-order valence-electron chi connectivity index (χ2n) is 5.73. The minimum atomic E-state index is -3.68. The smallest absolute Gasteiger partial charge is 0.210 e. The van der Waals surface area contributed by atoms with Crippen LogP contribution in [0.2, 0.25) is 0 Å². The minimum Gasteiger partial charge on any atom is -0.487 e. The zero-order chi connectivity index (χ0) is 17.0. The zero-order valence-corrected chi connectivity index (χ0v) is 14.6. The van der Waals surface area contributed by atoms with Gasteiger partial charge in [-0.25, -0.2) is 8.42 Å². The molecule has 23 heavy (non-hydrogen) atoms. The predicted octanol–water partition coefficient (Wildman–Crippen LogP) is 4.09. The van der Waals surface area contributed by atoms with Gasteiger partial charge in [-0.1, -0.05) is 24.3 Å². The van der Waals surface area contributed by atoms with Crippen molar-refractivity contribution in [3.05, 3.63) is 48.5 Å². The molecule has 0 N–H and O–H groups in total. The van der Waals surface area contributed by atoms with E-state index in [-0.39, 0.29) is 27.7 Å². The molecule has 5 heteroatoms. The number of para-hydroxylation sites is 1. The summed E-state index contributed by atoms with van der Waals surface area (Å²) in [5.74, 6) is 0.700. The van der Waals surface area contributed by atoms with Crippen molar-refractivity contribution in [2.45, 2.75) is 49.7 Å². The van der Waals surface area contributed by atoms with E-state index in [1.54, 1.807) is 48.5 Å². The molecule has 0 heterocycles. The van der Waals surface area contributed by atoms with Crippen molar-refractivity contribution in [2.24, 2.45) is 0 Å². The van der Waals surface area contributed by atoms with Crippen LogP contribution in [0.4, 0.5) is 0 Å². The van der Waals surface area contributed by atoms with Gasteiger partial charge in [-0.2, -0.15) is 0 Å². The maximum Gasteiger partial charge on any atom is 0.210 e. The average Bonchev–Trinajstić information content (AvgIpc) is 2.48. The third-order valence-electron chi connectivity index (χ3n) is 3.00. The lowest BCUT2D eigenvalue weighted by atomic mass is 10.3. The molecule has 2 rings (SSSR count). The van der Waals surface area contributed by atoms with E-state index >= 15 is 0 Å². The van der Waals surface area contributed by atoms with Gasteiger partial charge in [0.25, 0.3) is 0 Å². The summed E-state index contributed by atoms with van der Waals surface area (Å²) in [6, 6.07) is 13.3. The van der Waals surface area contributed by atoms with Crippen molar-refractivity contribution in [3.63, 3.8) is 0 Å². The molecule has 2 aromatic rings. The van der Waals surface area contributed by atoms with E-state index in [2.05, 4.69) is 0 Å².